The fraction of sp³-hybridized carbons (Fsp3) is 0.333. The van der Waals surface area contributed by atoms with Crippen molar-refractivity contribution < 1.29 is 4.74 Å². The van der Waals surface area contributed by atoms with Crippen LogP contribution < -0.4 is 10.1 Å². The fourth-order valence-corrected chi connectivity index (χ4v) is 2.60. The molecular formula is C18H22BrNO. The highest BCUT2D eigenvalue weighted by Crippen LogP contribution is 2.28. The van der Waals surface area contributed by atoms with Gasteiger partial charge in [0.15, 0.2) is 0 Å². The first-order valence-electron chi connectivity index (χ1n) is 7.41. The topological polar surface area (TPSA) is 21.3 Å². The molecule has 0 aliphatic carbocycles. The van der Waals surface area contributed by atoms with Gasteiger partial charge in [-0.3, -0.25) is 0 Å². The molecule has 0 radical (unpaired) electrons. The molecule has 2 nitrogen and oxygen atoms in total. The first-order valence-corrected chi connectivity index (χ1v) is 8.20. The maximum Gasteiger partial charge on any atom is 0.127 e. The lowest BCUT2D eigenvalue weighted by Crippen LogP contribution is -2.19. The van der Waals surface area contributed by atoms with Crippen molar-refractivity contribution in [2.45, 2.75) is 33.2 Å². The van der Waals surface area contributed by atoms with E-state index >= 15 is 0 Å². The molecule has 3 heteroatoms. The number of nitrogens with one attached hydrogen (secondary N) is 1. The van der Waals surface area contributed by atoms with Crippen LogP contribution in [0.1, 0.15) is 37.4 Å². The van der Waals surface area contributed by atoms with Crippen molar-refractivity contribution in [1.82, 2.24) is 5.32 Å². The summed E-state index contributed by atoms with van der Waals surface area (Å²) in [4.78, 5) is 0. The maximum absolute atomic E-state index is 5.98. The average Bonchev–Trinajstić information content (AvgIpc) is 2.49. The van der Waals surface area contributed by atoms with E-state index < -0.39 is 0 Å². The highest BCUT2D eigenvalue weighted by Gasteiger charge is 2.09. The summed E-state index contributed by atoms with van der Waals surface area (Å²) in [6.07, 6.45) is 1.06. The zero-order valence-corrected chi connectivity index (χ0v) is 14.4. The van der Waals surface area contributed by atoms with Crippen LogP contribution >= 0.6 is 15.9 Å². The van der Waals surface area contributed by atoms with Crippen molar-refractivity contribution in [3.05, 3.63) is 58.1 Å². The minimum Gasteiger partial charge on any atom is -0.457 e. The van der Waals surface area contributed by atoms with E-state index in [1.165, 1.54) is 11.1 Å². The quantitative estimate of drug-likeness (QED) is 0.733. The van der Waals surface area contributed by atoms with Gasteiger partial charge in [-0.2, -0.15) is 0 Å². The van der Waals surface area contributed by atoms with E-state index in [0.717, 1.165) is 28.9 Å². The summed E-state index contributed by atoms with van der Waals surface area (Å²) >= 11 is 3.51. The summed E-state index contributed by atoms with van der Waals surface area (Å²) in [5.41, 5.74) is 2.44. The van der Waals surface area contributed by atoms with E-state index in [0.29, 0.717) is 6.04 Å². The normalized spacial score (nSPS) is 12.2. The Balaban J connectivity index is 2.18. The van der Waals surface area contributed by atoms with Gasteiger partial charge in [0.05, 0.1) is 0 Å². The van der Waals surface area contributed by atoms with Crippen LogP contribution in [-0.2, 0) is 0 Å². The summed E-state index contributed by atoms with van der Waals surface area (Å²) in [5, 5.41) is 3.49. The molecule has 21 heavy (non-hydrogen) atoms. The summed E-state index contributed by atoms with van der Waals surface area (Å²) in [5.74, 6) is 1.75. The van der Waals surface area contributed by atoms with Crippen LogP contribution in [0.25, 0.3) is 0 Å². The number of benzene rings is 2. The molecule has 2 aromatic rings. The summed E-state index contributed by atoms with van der Waals surface area (Å²) < 4.78 is 7.08. The molecule has 0 fully saturated rings. The van der Waals surface area contributed by atoms with Gasteiger partial charge < -0.3 is 10.1 Å². The molecule has 0 aliphatic heterocycles. The van der Waals surface area contributed by atoms with Crippen LogP contribution in [0.3, 0.4) is 0 Å². The van der Waals surface area contributed by atoms with E-state index in [4.69, 9.17) is 4.74 Å². The third-order valence-corrected chi connectivity index (χ3v) is 4.37. The van der Waals surface area contributed by atoms with Gasteiger partial charge in [-0.05, 0) is 61.3 Å². The van der Waals surface area contributed by atoms with Gasteiger partial charge >= 0.3 is 0 Å². The molecule has 112 valence electrons. The van der Waals surface area contributed by atoms with Crippen molar-refractivity contribution in [3.63, 3.8) is 0 Å². The van der Waals surface area contributed by atoms with Crippen LogP contribution in [0.4, 0.5) is 0 Å². The SMILES string of the molecule is CCNC(CC)c1cccc(Oc2ccc(Br)c(C)c2)c1. The Hall–Kier alpha value is -1.32. The molecular weight excluding hydrogens is 326 g/mol. The molecule has 0 saturated carbocycles. The van der Waals surface area contributed by atoms with Crippen LogP contribution in [0.2, 0.25) is 0 Å². The van der Waals surface area contributed by atoms with Gasteiger partial charge in [0.2, 0.25) is 0 Å². The molecule has 2 rings (SSSR count). The van der Waals surface area contributed by atoms with Crippen molar-refractivity contribution >= 4 is 15.9 Å². The number of halogens is 1. The molecule has 0 amide bonds. The molecule has 1 unspecified atom stereocenters. The molecule has 0 aliphatic rings. The standard InChI is InChI=1S/C18H22BrNO/c1-4-18(20-5-2)14-7-6-8-15(12-14)21-16-9-10-17(19)13(3)11-16/h6-12,18,20H,4-5H2,1-3H3. The Morgan fingerprint density at radius 1 is 1.10 bits per heavy atom. The average molecular weight is 348 g/mol. The Bertz CT molecular complexity index is 598. The second-order valence-corrected chi connectivity index (χ2v) is 5.96. The Morgan fingerprint density at radius 3 is 2.52 bits per heavy atom. The van der Waals surface area contributed by atoms with E-state index in [1.807, 2.05) is 24.3 Å². The van der Waals surface area contributed by atoms with Crippen molar-refractivity contribution in [1.29, 1.82) is 0 Å². The number of hydrogen-bond acceptors (Lipinski definition) is 2. The molecule has 1 atom stereocenters. The van der Waals surface area contributed by atoms with Crippen molar-refractivity contribution in [2.75, 3.05) is 6.54 Å². The second kappa shape index (κ2) is 7.62. The number of rotatable bonds is 6. The van der Waals surface area contributed by atoms with Gasteiger partial charge in [0, 0.05) is 10.5 Å². The second-order valence-electron chi connectivity index (χ2n) is 5.10. The zero-order valence-electron chi connectivity index (χ0n) is 12.8. The Morgan fingerprint density at radius 2 is 1.86 bits per heavy atom. The highest BCUT2D eigenvalue weighted by atomic mass is 79.9. The molecule has 0 spiro atoms. The number of ether oxygens (including phenoxy) is 1. The predicted octanol–water partition coefficient (Wildman–Crippen LogP) is 5.61. The molecule has 2 aromatic carbocycles. The van der Waals surface area contributed by atoms with Gasteiger partial charge in [-0.1, -0.05) is 41.9 Å². The molecule has 0 saturated heterocycles. The van der Waals surface area contributed by atoms with Gasteiger partial charge in [-0.15, -0.1) is 0 Å². The summed E-state index contributed by atoms with van der Waals surface area (Å²) in [6, 6.07) is 14.7. The Labute approximate surface area is 135 Å². The zero-order chi connectivity index (χ0) is 15.2. The van der Waals surface area contributed by atoms with E-state index in [1.54, 1.807) is 0 Å². The van der Waals surface area contributed by atoms with Gasteiger partial charge in [-0.25, -0.2) is 0 Å². The Kier molecular flexibility index (Phi) is 5.83. The molecule has 0 bridgehead atoms. The number of aryl methyl sites for hydroxylation is 1. The first kappa shape index (κ1) is 16.1. The lowest BCUT2D eigenvalue weighted by molar-refractivity contribution is 0.477. The third kappa shape index (κ3) is 4.32. The monoisotopic (exact) mass is 347 g/mol. The minimum atomic E-state index is 0.380. The smallest absolute Gasteiger partial charge is 0.127 e. The van der Waals surface area contributed by atoms with Crippen molar-refractivity contribution in [2.24, 2.45) is 0 Å². The summed E-state index contributed by atoms with van der Waals surface area (Å²) in [6.45, 7) is 7.35. The maximum atomic E-state index is 5.98. The lowest BCUT2D eigenvalue weighted by atomic mass is 10.0. The van der Waals surface area contributed by atoms with Crippen LogP contribution in [0.15, 0.2) is 46.9 Å². The third-order valence-electron chi connectivity index (χ3n) is 3.48. The van der Waals surface area contributed by atoms with E-state index in [9.17, 15) is 0 Å². The predicted molar refractivity (Wildman–Crippen MR) is 92.1 cm³/mol. The van der Waals surface area contributed by atoms with Crippen LogP contribution in [-0.4, -0.2) is 6.54 Å². The molecule has 0 heterocycles. The van der Waals surface area contributed by atoms with Crippen LogP contribution in [0, 0.1) is 6.92 Å². The first-order chi connectivity index (χ1) is 10.1. The highest BCUT2D eigenvalue weighted by molar-refractivity contribution is 9.10. The summed E-state index contributed by atoms with van der Waals surface area (Å²) in [7, 11) is 0. The molecule has 0 aromatic heterocycles. The van der Waals surface area contributed by atoms with E-state index in [2.05, 4.69) is 60.2 Å². The fourth-order valence-electron chi connectivity index (χ4n) is 2.36. The van der Waals surface area contributed by atoms with Gasteiger partial charge in [0.25, 0.3) is 0 Å². The lowest BCUT2D eigenvalue weighted by Gasteiger charge is -2.17. The van der Waals surface area contributed by atoms with Gasteiger partial charge in [0.1, 0.15) is 11.5 Å². The van der Waals surface area contributed by atoms with E-state index in [-0.39, 0.29) is 0 Å². The largest absolute Gasteiger partial charge is 0.457 e. The van der Waals surface area contributed by atoms with Crippen LogP contribution in [0.5, 0.6) is 11.5 Å². The number of hydrogen-bond donors (Lipinski definition) is 1. The van der Waals surface area contributed by atoms with Crippen molar-refractivity contribution in [3.8, 4) is 11.5 Å². The minimum absolute atomic E-state index is 0.380. The molecule has 1 N–H and O–H groups in total.